The summed E-state index contributed by atoms with van der Waals surface area (Å²) in [7, 11) is 0. The molecular formula is C49H86N2O4. The van der Waals surface area contributed by atoms with Gasteiger partial charge in [-0.1, -0.05) is 105 Å². The molecule has 3 N–H and O–H groups in total. The fourth-order valence-electron chi connectivity index (χ4n) is 13.6. The summed E-state index contributed by atoms with van der Waals surface area (Å²) in [6.45, 7) is 13.5. The van der Waals surface area contributed by atoms with Gasteiger partial charge in [0, 0.05) is 32.0 Å². The van der Waals surface area contributed by atoms with E-state index in [1.54, 1.807) is 0 Å². The molecule has 4 aliphatic carbocycles. The highest BCUT2D eigenvalue weighted by Crippen LogP contribution is 2.69. The Morgan fingerprint density at radius 1 is 0.745 bits per heavy atom. The summed E-state index contributed by atoms with van der Waals surface area (Å²) in [5, 5.41) is 26.0. The number of allylic oxidation sites excluding steroid dienone is 2. The standard InChI is InChI=1S/C49H86N2O4/c1-6-8-9-10-11-12-13-14-15-16-17-18-19-20-21-22-45(54)51-33-29-37(30-34-51)50-44(53)26-23-36(3)40-24-25-41-46-42(28-32-48(40,41)4)49(5)31-27-38(52)35-43(49)39(7-2)47(46)55/h14-15,36-43,46-47,52,55H,6-13,16-35H2,1-5H3,(H,50,53)/b15-14-/t36-,38-,39-,40?,41+,42+,43+,46+,47-,48-,49-/m1/s1. The van der Waals surface area contributed by atoms with Crippen LogP contribution in [0.15, 0.2) is 12.2 Å². The molecule has 5 aliphatic rings. The summed E-state index contributed by atoms with van der Waals surface area (Å²) in [5.41, 5.74) is 0.470. The zero-order valence-corrected chi connectivity index (χ0v) is 36.4. The van der Waals surface area contributed by atoms with Crippen LogP contribution in [0.2, 0.25) is 0 Å². The monoisotopic (exact) mass is 767 g/mol. The molecule has 0 aromatic heterocycles. The molecule has 0 spiro atoms. The molecule has 6 heteroatoms. The highest BCUT2D eigenvalue weighted by atomic mass is 16.3. The SMILES string of the molecule is CCCCCCCC/C=C\CCCCCCCC(=O)N1CCC(NC(=O)CC[C@@H](C)C2CC[C@H]3[C@@H]4[C@H](O)[C@H](CC)[C@@H]5C[C@H](O)CC[C@]5(C)[C@H]4CC[C@]23C)CC1. The van der Waals surface area contributed by atoms with E-state index in [0.29, 0.717) is 60.2 Å². The van der Waals surface area contributed by atoms with Crippen LogP contribution < -0.4 is 5.32 Å². The maximum Gasteiger partial charge on any atom is 0.222 e. The number of piperidine rings is 1. The summed E-state index contributed by atoms with van der Waals surface area (Å²) >= 11 is 0. The Balaban J connectivity index is 0.946. The van der Waals surface area contributed by atoms with Gasteiger partial charge >= 0.3 is 0 Å². The first-order valence-electron chi connectivity index (χ1n) is 24.1. The van der Waals surface area contributed by atoms with Gasteiger partial charge in [0.25, 0.3) is 0 Å². The number of carbonyl (C=O) groups excluding carboxylic acids is 2. The molecule has 0 aromatic carbocycles. The maximum absolute atomic E-state index is 13.2. The largest absolute Gasteiger partial charge is 0.393 e. The summed E-state index contributed by atoms with van der Waals surface area (Å²) in [6, 6.07) is 0.181. The number of nitrogens with one attached hydrogen (secondary N) is 1. The van der Waals surface area contributed by atoms with E-state index in [9.17, 15) is 19.8 Å². The van der Waals surface area contributed by atoms with Crippen LogP contribution in [0.5, 0.6) is 0 Å². The van der Waals surface area contributed by atoms with E-state index in [1.807, 2.05) is 4.90 Å². The number of hydrogen-bond donors (Lipinski definition) is 3. The Kier molecular flexibility index (Phi) is 17.5. The number of nitrogens with zero attached hydrogens (tertiary/aromatic N) is 1. The van der Waals surface area contributed by atoms with Gasteiger partial charge in [-0.15, -0.1) is 0 Å². The topological polar surface area (TPSA) is 89.9 Å². The Labute approximate surface area is 338 Å². The fourth-order valence-corrected chi connectivity index (χ4v) is 13.6. The van der Waals surface area contributed by atoms with E-state index < -0.39 is 0 Å². The molecule has 1 aliphatic heterocycles. The zero-order chi connectivity index (χ0) is 39.4. The zero-order valence-electron chi connectivity index (χ0n) is 36.4. The van der Waals surface area contributed by atoms with Crippen LogP contribution >= 0.6 is 0 Å². The molecule has 4 saturated carbocycles. The molecule has 0 aromatic rings. The van der Waals surface area contributed by atoms with Crippen molar-refractivity contribution in [2.24, 2.45) is 52.3 Å². The lowest BCUT2D eigenvalue weighted by Crippen LogP contribution is -2.62. The summed E-state index contributed by atoms with van der Waals surface area (Å²) in [4.78, 5) is 28.2. The number of fused-ring (bicyclic) bond motifs is 5. The predicted molar refractivity (Wildman–Crippen MR) is 227 cm³/mol. The van der Waals surface area contributed by atoms with E-state index in [4.69, 9.17) is 0 Å². The van der Waals surface area contributed by atoms with Crippen molar-refractivity contribution >= 4 is 11.8 Å². The van der Waals surface area contributed by atoms with Gasteiger partial charge in [0.05, 0.1) is 12.2 Å². The molecule has 6 nitrogen and oxygen atoms in total. The van der Waals surface area contributed by atoms with E-state index in [2.05, 4.69) is 52.1 Å². The molecule has 55 heavy (non-hydrogen) atoms. The molecule has 5 rings (SSSR count). The van der Waals surface area contributed by atoms with Gasteiger partial charge in [-0.2, -0.15) is 0 Å². The molecule has 2 amide bonds. The van der Waals surface area contributed by atoms with Crippen molar-refractivity contribution in [3.63, 3.8) is 0 Å². The van der Waals surface area contributed by atoms with E-state index >= 15 is 0 Å². The van der Waals surface area contributed by atoms with Crippen LogP contribution in [0.1, 0.15) is 202 Å². The molecule has 1 heterocycles. The van der Waals surface area contributed by atoms with Gasteiger partial charge in [-0.05, 0) is 149 Å². The van der Waals surface area contributed by atoms with Crippen molar-refractivity contribution in [3.8, 4) is 0 Å². The first-order chi connectivity index (χ1) is 26.5. The number of carbonyl (C=O) groups is 2. The first-order valence-corrected chi connectivity index (χ1v) is 24.1. The smallest absolute Gasteiger partial charge is 0.222 e. The van der Waals surface area contributed by atoms with Crippen molar-refractivity contribution in [2.45, 2.75) is 220 Å². The van der Waals surface area contributed by atoms with Gasteiger partial charge in [0.2, 0.25) is 11.8 Å². The minimum atomic E-state index is -0.253. The molecule has 1 unspecified atom stereocenters. The number of amides is 2. The van der Waals surface area contributed by atoms with Gasteiger partial charge in [0.15, 0.2) is 0 Å². The quantitative estimate of drug-likeness (QED) is 0.0801. The minimum Gasteiger partial charge on any atom is -0.393 e. The van der Waals surface area contributed by atoms with E-state index in [0.717, 1.165) is 70.9 Å². The third-order valence-corrected chi connectivity index (χ3v) is 16.8. The predicted octanol–water partition coefficient (Wildman–Crippen LogP) is 11.2. The lowest BCUT2D eigenvalue weighted by Gasteiger charge is -2.64. The van der Waals surface area contributed by atoms with Crippen molar-refractivity contribution < 1.29 is 19.8 Å². The highest BCUT2D eigenvalue weighted by molar-refractivity contribution is 5.77. The van der Waals surface area contributed by atoms with Crippen molar-refractivity contribution in [2.75, 3.05) is 13.1 Å². The third kappa shape index (κ3) is 11.2. The average Bonchev–Trinajstić information content (AvgIpc) is 3.53. The number of likely N-dealkylation sites (tertiary alicyclic amines) is 1. The third-order valence-electron chi connectivity index (χ3n) is 16.8. The Bertz CT molecular complexity index is 1200. The summed E-state index contributed by atoms with van der Waals surface area (Å²) < 4.78 is 0. The normalized spacial score (nSPS) is 35.7. The molecule has 11 atom stereocenters. The second kappa shape index (κ2) is 21.6. The number of unbranched alkanes of at least 4 members (excludes halogenated alkanes) is 11. The number of aliphatic hydroxyl groups is 2. The van der Waals surface area contributed by atoms with Crippen LogP contribution in [0.3, 0.4) is 0 Å². The number of hydrogen-bond acceptors (Lipinski definition) is 4. The van der Waals surface area contributed by atoms with Crippen LogP contribution in [-0.2, 0) is 9.59 Å². The molecule has 1 saturated heterocycles. The Morgan fingerprint density at radius 3 is 2.04 bits per heavy atom. The van der Waals surface area contributed by atoms with Crippen molar-refractivity contribution in [3.05, 3.63) is 12.2 Å². The summed E-state index contributed by atoms with van der Waals surface area (Å²) in [5.74, 6) is 3.81. The molecular weight excluding hydrogens is 681 g/mol. The van der Waals surface area contributed by atoms with Gasteiger partial charge in [-0.3, -0.25) is 9.59 Å². The number of aliphatic hydroxyl groups excluding tert-OH is 2. The van der Waals surface area contributed by atoms with Gasteiger partial charge in [0.1, 0.15) is 0 Å². The summed E-state index contributed by atoms with van der Waals surface area (Å²) in [6.07, 6.45) is 33.5. The first kappa shape index (κ1) is 44.7. The lowest BCUT2D eigenvalue weighted by molar-refractivity contribution is -0.203. The molecule has 316 valence electrons. The number of rotatable bonds is 21. The second-order valence-electron chi connectivity index (χ2n) is 20.2. The van der Waals surface area contributed by atoms with Gasteiger partial charge in [-0.25, -0.2) is 0 Å². The van der Waals surface area contributed by atoms with E-state index in [-0.39, 0.29) is 35.0 Å². The van der Waals surface area contributed by atoms with Crippen LogP contribution in [0.25, 0.3) is 0 Å². The highest BCUT2D eigenvalue weighted by Gasteiger charge is 2.64. The lowest BCUT2D eigenvalue weighted by atomic mass is 9.41. The van der Waals surface area contributed by atoms with Crippen LogP contribution in [0, 0.1) is 52.3 Å². The molecule has 5 fully saturated rings. The van der Waals surface area contributed by atoms with Crippen LogP contribution in [-0.4, -0.2) is 58.3 Å². The second-order valence-corrected chi connectivity index (χ2v) is 20.2. The average molecular weight is 767 g/mol. The molecule has 0 radical (unpaired) electrons. The fraction of sp³-hybridized carbons (Fsp3) is 0.918. The van der Waals surface area contributed by atoms with Crippen LogP contribution in [0.4, 0.5) is 0 Å². The minimum absolute atomic E-state index is 0.181. The molecule has 0 bridgehead atoms. The Morgan fingerprint density at radius 2 is 1.36 bits per heavy atom. The maximum atomic E-state index is 13.2. The van der Waals surface area contributed by atoms with Gasteiger partial charge < -0.3 is 20.4 Å². The van der Waals surface area contributed by atoms with E-state index in [1.165, 1.54) is 96.3 Å². The van der Waals surface area contributed by atoms with Crippen molar-refractivity contribution in [1.29, 1.82) is 0 Å². The van der Waals surface area contributed by atoms with Crippen molar-refractivity contribution in [1.82, 2.24) is 10.2 Å². The Hall–Kier alpha value is -1.40.